The van der Waals surface area contributed by atoms with Crippen molar-refractivity contribution in [2.24, 2.45) is 5.92 Å². The van der Waals surface area contributed by atoms with Gasteiger partial charge in [0.25, 0.3) is 0 Å². The molecule has 2 aliphatic heterocycles. The molecule has 4 aliphatic rings. The number of nitrogens with one attached hydrogen (secondary N) is 1. The van der Waals surface area contributed by atoms with E-state index < -0.39 is 0 Å². The van der Waals surface area contributed by atoms with Gasteiger partial charge in [0.2, 0.25) is 5.91 Å². The van der Waals surface area contributed by atoms with Gasteiger partial charge >= 0.3 is 0 Å². The van der Waals surface area contributed by atoms with Crippen molar-refractivity contribution in [3.8, 4) is 0 Å². The number of hydrogen-bond donors (Lipinski definition) is 1. The minimum atomic E-state index is 0.188. The molecule has 1 N–H and O–H groups in total. The summed E-state index contributed by atoms with van der Waals surface area (Å²) >= 11 is 0. The van der Waals surface area contributed by atoms with E-state index in [-0.39, 0.29) is 11.3 Å². The first-order chi connectivity index (χ1) is 11.2. The van der Waals surface area contributed by atoms with Crippen molar-refractivity contribution in [1.29, 1.82) is 0 Å². The number of rotatable bonds is 2. The molecule has 23 heavy (non-hydrogen) atoms. The van der Waals surface area contributed by atoms with Gasteiger partial charge in [-0.25, -0.2) is 0 Å². The van der Waals surface area contributed by atoms with E-state index in [1.165, 1.54) is 30.4 Å². The molecule has 2 aliphatic carbocycles. The zero-order chi connectivity index (χ0) is 15.6. The number of aryl methyl sites for hydroxylation is 1. The van der Waals surface area contributed by atoms with Crippen LogP contribution in [0.5, 0.6) is 0 Å². The second-order valence-corrected chi connectivity index (χ2v) is 8.28. The van der Waals surface area contributed by atoms with Crippen LogP contribution in [-0.2, 0) is 16.6 Å². The van der Waals surface area contributed by atoms with Gasteiger partial charge in [0.05, 0.1) is 0 Å². The van der Waals surface area contributed by atoms with E-state index >= 15 is 0 Å². The molecule has 5 rings (SSSR count). The summed E-state index contributed by atoms with van der Waals surface area (Å²) in [6.07, 6.45) is 8.29. The quantitative estimate of drug-likeness (QED) is 0.911. The molecule has 2 saturated heterocycles. The van der Waals surface area contributed by atoms with Gasteiger partial charge in [0, 0.05) is 36.5 Å². The molecule has 2 bridgehead atoms. The molecular formula is C20H26N2O. The van der Waals surface area contributed by atoms with Crippen LogP contribution in [0.15, 0.2) is 24.3 Å². The Hall–Kier alpha value is -1.35. The van der Waals surface area contributed by atoms with Crippen LogP contribution in [0.4, 0.5) is 0 Å². The van der Waals surface area contributed by atoms with Gasteiger partial charge in [-0.1, -0.05) is 24.3 Å². The Kier molecular flexibility index (Phi) is 2.94. The van der Waals surface area contributed by atoms with Crippen LogP contribution >= 0.6 is 0 Å². The average Bonchev–Trinajstić information content (AvgIpc) is 3.06. The van der Waals surface area contributed by atoms with Crippen molar-refractivity contribution < 1.29 is 4.79 Å². The second-order valence-electron chi connectivity index (χ2n) is 8.28. The first-order valence-corrected chi connectivity index (χ1v) is 9.28. The molecule has 3 heteroatoms. The number of carbonyl (C=O) groups is 1. The van der Waals surface area contributed by atoms with Crippen molar-refractivity contribution in [2.45, 2.75) is 68.5 Å². The van der Waals surface area contributed by atoms with E-state index in [0.29, 0.717) is 24.0 Å². The molecule has 3 nitrogen and oxygen atoms in total. The number of nitrogens with zero attached hydrogens (tertiary/aromatic N) is 1. The largest absolute Gasteiger partial charge is 0.342 e. The number of hydrogen-bond acceptors (Lipinski definition) is 2. The highest BCUT2D eigenvalue weighted by Gasteiger charge is 2.62. The second kappa shape index (κ2) is 4.83. The average molecular weight is 310 g/mol. The molecule has 4 atom stereocenters. The zero-order valence-corrected chi connectivity index (χ0v) is 13.9. The summed E-state index contributed by atoms with van der Waals surface area (Å²) in [5, 5.41) is 3.68. The molecule has 1 saturated carbocycles. The highest BCUT2D eigenvalue weighted by molar-refractivity contribution is 5.85. The van der Waals surface area contributed by atoms with E-state index in [9.17, 15) is 4.79 Å². The van der Waals surface area contributed by atoms with Gasteiger partial charge in [0.1, 0.15) is 0 Å². The fraction of sp³-hybridized carbons (Fsp3) is 0.650. The summed E-state index contributed by atoms with van der Waals surface area (Å²) < 4.78 is 0. The Bertz CT molecular complexity index is 645. The van der Waals surface area contributed by atoms with Crippen molar-refractivity contribution in [2.75, 3.05) is 7.05 Å². The van der Waals surface area contributed by atoms with Crippen molar-refractivity contribution in [1.82, 2.24) is 10.2 Å². The molecule has 122 valence electrons. The Morgan fingerprint density at radius 2 is 1.96 bits per heavy atom. The van der Waals surface area contributed by atoms with Crippen LogP contribution in [0.1, 0.15) is 49.7 Å². The van der Waals surface area contributed by atoms with E-state index in [1.54, 1.807) is 0 Å². The number of piperidine rings is 1. The predicted molar refractivity (Wildman–Crippen MR) is 90.3 cm³/mol. The van der Waals surface area contributed by atoms with Crippen LogP contribution < -0.4 is 5.32 Å². The molecule has 4 unspecified atom stereocenters. The minimum absolute atomic E-state index is 0.188. The van der Waals surface area contributed by atoms with Crippen molar-refractivity contribution >= 4 is 5.91 Å². The Balaban J connectivity index is 1.33. The van der Waals surface area contributed by atoms with Crippen LogP contribution in [0, 0.1) is 5.92 Å². The highest BCUT2D eigenvalue weighted by Crippen LogP contribution is 2.62. The summed E-state index contributed by atoms with van der Waals surface area (Å²) in [5.41, 5.74) is 3.14. The Labute approximate surface area is 138 Å². The molecule has 0 aromatic heterocycles. The minimum Gasteiger partial charge on any atom is -0.342 e. The van der Waals surface area contributed by atoms with Gasteiger partial charge in [-0.3, -0.25) is 4.79 Å². The molecule has 0 radical (unpaired) electrons. The smallest absolute Gasteiger partial charge is 0.226 e. The van der Waals surface area contributed by atoms with E-state index in [1.807, 2.05) is 0 Å². The number of amides is 1. The summed E-state index contributed by atoms with van der Waals surface area (Å²) in [5.74, 6) is 0.650. The predicted octanol–water partition coefficient (Wildman–Crippen LogP) is 2.63. The van der Waals surface area contributed by atoms with Gasteiger partial charge in [-0.2, -0.15) is 0 Å². The number of benzene rings is 1. The molecule has 1 aromatic carbocycles. The molecule has 2 heterocycles. The third-order valence-corrected chi connectivity index (χ3v) is 7.11. The lowest BCUT2D eigenvalue weighted by atomic mass is 9.94. The summed E-state index contributed by atoms with van der Waals surface area (Å²) in [7, 11) is 2.06. The van der Waals surface area contributed by atoms with Crippen LogP contribution in [0.2, 0.25) is 0 Å². The number of fused-ring (bicyclic) bond motifs is 4. The molecule has 1 spiro atoms. The van der Waals surface area contributed by atoms with E-state index in [2.05, 4.69) is 41.5 Å². The first-order valence-electron chi connectivity index (χ1n) is 9.28. The first kappa shape index (κ1) is 14.0. The summed E-state index contributed by atoms with van der Waals surface area (Å²) in [6.45, 7) is 0. The van der Waals surface area contributed by atoms with Crippen LogP contribution in [0.3, 0.4) is 0 Å². The normalized spacial score (nSPS) is 40.2. The molecule has 1 aromatic rings. The standard InChI is InChI=1S/C20H26N2O/c1-22(16-10-14-6-7-15(11-16)21-14)19(23)18-12-20(18)9-8-13-4-2-3-5-17(13)20/h2-5,14-16,18,21H,6-12H2,1H3. The Morgan fingerprint density at radius 1 is 1.22 bits per heavy atom. The highest BCUT2D eigenvalue weighted by atomic mass is 16.2. The van der Waals surface area contributed by atoms with Gasteiger partial charge in [-0.15, -0.1) is 0 Å². The Morgan fingerprint density at radius 3 is 2.74 bits per heavy atom. The SMILES string of the molecule is CN(C(=O)C1CC12CCc1ccccc12)C1CC2CCC(C1)N2. The summed E-state index contributed by atoms with van der Waals surface area (Å²) in [6, 6.07) is 10.5. The molecule has 1 amide bonds. The maximum atomic E-state index is 13.1. The zero-order valence-electron chi connectivity index (χ0n) is 13.9. The van der Waals surface area contributed by atoms with Gasteiger partial charge in [0.15, 0.2) is 0 Å². The molecular weight excluding hydrogens is 284 g/mol. The third-order valence-electron chi connectivity index (χ3n) is 7.11. The number of carbonyl (C=O) groups excluding carboxylic acids is 1. The van der Waals surface area contributed by atoms with Crippen molar-refractivity contribution in [3.05, 3.63) is 35.4 Å². The lowest BCUT2D eigenvalue weighted by molar-refractivity contribution is -0.134. The van der Waals surface area contributed by atoms with E-state index in [0.717, 1.165) is 25.7 Å². The van der Waals surface area contributed by atoms with Crippen LogP contribution in [-0.4, -0.2) is 36.0 Å². The van der Waals surface area contributed by atoms with Crippen LogP contribution in [0.25, 0.3) is 0 Å². The maximum absolute atomic E-state index is 13.1. The fourth-order valence-electron chi connectivity index (χ4n) is 5.69. The lowest BCUT2D eigenvalue weighted by Gasteiger charge is -2.36. The van der Waals surface area contributed by atoms with Gasteiger partial charge in [-0.05, 0) is 56.1 Å². The van der Waals surface area contributed by atoms with Crippen molar-refractivity contribution in [3.63, 3.8) is 0 Å². The summed E-state index contributed by atoms with van der Waals surface area (Å²) in [4.78, 5) is 15.2. The maximum Gasteiger partial charge on any atom is 0.226 e. The fourth-order valence-corrected chi connectivity index (χ4v) is 5.69. The monoisotopic (exact) mass is 310 g/mol. The van der Waals surface area contributed by atoms with E-state index in [4.69, 9.17) is 0 Å². The van der Waals surface area contributed by atoms with Gasteiger partial charge < -0.3 is 10.2 Å². The third kappa shape index (κ3) is 2.02. The lowest BCUT2D eigenvalue weighted by Crippen LogP contribution is -2.49. The topological polar surface area (TPSA) is 32.3 Å². The molecule has 3 fully saturated rings.